The van der Waals surface area contributed by atoms with E-state index < -0.39 is 0 Å². The number of nitrogens with one attached hydrogen (secondary N) is 1. The van der Waals surface area contributed by atoms with Crippen LogP contribution in [0.3, 0.4) is 0 Å². The van der Waals surface area contributed by atoms with Crippen LogP contribution in [-0.2, 0) is 4.79 Å². The summed E-state index contributed by atoms with van der Waals surface area (Å²) >= 11 is 0. The number of aromatic amines is 1. The minimum Gasteiger partial charge on any atom is -0.369 e. The van der Waals surface area contributed by atoms with Gasteiger partial charge in [0.1, 0.15) is 11.5 Å². The molecule has 2 fully saturated rings. The standard InChI is InChI=1S/C17H27N5O2/c1-11-3-4-13(15(18)23)10-22(11)17(24)14-9-19-16(20-14)12-5-7-21(2)8-6-12/h9,11-13H,3-8,10H2,1-2H3,(H2,18,23)(H,19,20). The second-order valence-corrected chi connectivity index (χ2v) is 7.24. The number of nitrogens with zero attached hydrogens (tertiary/aromatic N) is 3. The third-order valence-electron chi connectivity index (χ3n) is 5.48. The first kappa shape index (κ1) is 17.0. The molecule has 0 spiro atoms. The van der Waals surface area contributed by atoms with Gasteiger partial charge >= 0.3 is 0 Å². The third-order valence-corrected chi connectivity index (χ3v) is 5.48. The highest BCUT2D eigenvalue weighted by Gasteiger charge is 2.33. The summed E-state index contributed by atoms with van der Waals surface area (Å²) in [6, 6.07) is 0.114. The van der Waals surface area contributed by atoms with E-state index in [1.807, 2.05) is 6.92 Å². The van der Waals surface area contributed by atoms with Gasteiger partial charge in [-0.25, -0.2) is 4.98 Å². The number of piperidine rings is 2. The maximum Gasteiger partial charge on any atom is 0.272 e. The fourth-order valence-electron chi connectivity index (χ4n) is 3.71. The molecule has 2 aliphatic rings. The predicted molar refractivity (Wildman–Crippen MR) is 90.5 cm³/mol. The Kier molecular flexibility index (Phi) is 4.89. The summed E-state index contributed by atoms with van der Waals surface area (Å²) in [7, 11) is 2.13. The van der Waals surface area contributed by atoms with Crippen molar-refractivity contribution in [2.45, 2.75) is 44.6 Å². The second kappa shape index (κ2) is 6.93. The van der Waals surface area contributed by atoms with Crippen molar-refractivity contribution in [2.24, 2.45) is 11.7 Å². The van der Waals surface area contributed by atoms with E-state index in [1.165, 1.54) is 0 Å². The Labute approximate surface area is 142 Å². The number of primary amides is 1. The molecule has 2 atom stereocenters. The van der Waals surface area contributed by atoms with E-state index in [-0.39, 0.29) is 23.8 Å². The largest absolute Gasteiger partial charge is 0.369 e. The first-order valence-electron chi connectivity index (χ1n) is 8.79. The van der Waals surface area contributed by atoms with Crippen molar-refractivity contribution in [1.29, 1.82) is 0 Å². The number of hydrogen-bond acceptors (Lipinski definition) is 4. The molecule has 0 aromatic carbocycles. The summed E-state index contributed by atoms with van der Waals surface area (Å²) in [5.41, 5.74) is 5.94. The normalized spacial score (nSPS) is 26.5. The van der Waals surface area contributed by atoms with Crippen LogP contribution in [0.1, 0.15) is 54.8 Å². The molecular weight excluding hydrogens is 306 g/mol. The molecule has 0 aliphatic carbocycles. The first-order valence-corrected chi connectivity index (χ1v) is 8.79. The van der Waals surface area contributed by atoms with Crippen molar-refractivity contribution in [3.63, 3.8) is 0 Å². The van der Waals surface area contributed by atoms with Gasteiger partial charge in [-0.15, -0.1) is 0 Å². The highest BCUT2D eigenvalue weighted by Crippen LogP contribution is 2.27. The van der Waals surface area contributed by atoms with Gasteiger partial charge in [-0.3, -0.25) is 9.59 Å². The Bertz CT molecular complexity index is 606. The van der Waals surface area contributed by atoms with Crippen LogP contribution < -0.4 is 5.73 Å². The molecule has 2 amide bonds. The van der Waals surface area contributed by atoms with Crippen molar-refractivity contribution >= 4 is 11.8 Å². The summed E-state index contributed by atoms with van der Waals surface area (Å²) < 4.78 is 0. The molecule has 3 N–H and O–H groups in total. The highest BCUT2D eigenvalue weighted by molar-refractivity contribution is 5.93. The van der Waals surface area contributed by atoms with Crippen molar-refractivity contribution in [3.05, 3.63) is 17.7 Å². The number of likely N-dealkylation sites (tertiary alicyclic amines) is 2. The molecule has 132 valence electrons. The average molecular weight is 333 g/mol. The van der Waals surface area contributed by atoms with E-state index in [0.717, 1.165) is 44.6 Å². The van der Waals surface area contributed by atoms with Crippen molar-refractivity contribution < 1.29 is 9.59 Å². The number of imidazole rings is 1. The van der Waals surface area contributed by atoms with E-state index in [2.05, 4.69) is 21.9 Å². The maximum atomic E-state index is 12.8. The Hall–Kier alpha value is -1.89. The van der Waals surface area contributed by atoms with Gasteiger partial charge in [0.05, 0.1) is 12.1 Å². The zero-order valence-electron chi connectivity index (χ0n) is 14.5. The van der Waals surface area contributed by atoms with Crippen molar-refractivity contribution in [2.75, 3.05) is 26.7 Å². The number of amides is 2. The number of hydrogen-bond donors (Lipinski definition) is 2. The Morgan fingerprint density at radius 1 is 1.25 bits per heavy atom. The molecule has 0 bridgehead atoms. The van der Waals surface area contributed by atoms with Crippen LogP contribution in [0, 0.1) is 5.92 Å². The van der Waals surface area contributed by atoms with E-state index in [4.69, 9.17) is 5.73 Å². The summed E-state index contributed by atoms with van der Waals surface area (Å²) in [5, 5.41) is 0. The summed E-state index contributed by atoms with van der Waals surface area (Å²) in [6.07, 6.45) is 5.30. The van der Waals surface area contributed by atoms with Gasteiger partial charge in [0, 0.05) is 18.5 Å². The molecule has 2 unspecified atom stereocenters. The van der Waals surface area contributed by atoms with Gasteiger partial charge in [-0.2, -0.15) is 0 Å². The topological polar surface area (TPSA) is 95.3 Å². The monoisotopic (exact) mass is 333 g/mol. The molecule has 1 aromatic heterocycles. The minimum absolute atomic E-state index is 0.0832. The molecule has 7 nitrogen and oxygen atoms in total. The Balaban J connectivity index is 1.69. The van der Waals surface area contributed by atoms with Gasteiger partial charge in [0.15, 0.2) is 0 Å². The van der Waals surface area contributed by atoms with Crippen LogP contribution in [-0.4, -0.2) is 64.3 Å². The van der Waals surface area contributed by atoms with E-state index in [1.54, 1.807) is 11.1 Å². The van der Waals surface area contributed by atoms with Crippen LogP contribution in [0.4, 0.5) is 0 Å². The lowest BCUT2D eigenvalue weighted by atomic mass is 9.92. The zero-order chi connectivity index (χ0) is 17.3. The molecule has 3 rings (SSSR count). The van der Waals surface area contributed by atoms with Gasteiger partial charge in [0.25, 0.3) is 5.91 Å². The lowest BCUT2D eigenvalue weighted by molar-refractivity contribution is -0.123. The fourth-order valence-corrected chi connectivity index (χ4v) is 3.71. The summed E-state index contributed by atoms with van der Waals surface area (Å²) in [4.78, 5) is 36.0. The number of nitrogens with two attached hydrogens (primary N) is 1. The smallest absolute Gasteiger partial charge is 0.272 e. The van der Waals surface area contributed by atoms with Crippen LogP contribution in [0.15, 0.2) is 6.20 Å². The number of carbonyl (C=O) groups excluding carboxylic acids is 2. The number of H-pyrrole nitrogens is 1. The number of rotatable bonds is 3. The number of carbonyl (C=O) groups is 2. The zero-order valence-corrected chi connectivity index (χ0v) is 14.5. The third kappa shape index (κ3) is 3.45. The molecule has 2 saturated heterocycles. The molecular formula is C17H27N5O2. The van der Waals surface area contributed by atoms with Gasteiger partial charge in [-0.05, 0) is 52.7 Å². The van der Waals surface area contributed by atoms with Gasteiger partial charge in [-0.1, -0.05) is 0 Å². The maximum absolute atomic E-state index is 12.8. The second-order valence-electron chi connectivity index (χ2n) is 7.24. The van der Waals surface area contributed by atoms with Crippen molar-refractivity contribution in [3.8, 4) is 0 Å². The molecule has 0 radical (unpaired) electrons. The molecule has 1 aromatic rings. The van der Waals surface area contributed by atoms with Crippen LogP contribution in [0.25, 0.3) is 0 Å². The molecule has 2 aliphatic heterocycles. The van der Waals surface area contributed by atoms with Crippen LogP contribution in [0.5, 0.6) is 0 Å². The number of aromatic nitrogens is 2. The summed E-state index contributed by atoms with van der Waals surface area (Å²) in [6.45, 7) is 4.53. The lowest BCUT2D eigenvalue weighted by Gasteiger charge is -2.36. The predicted octanol–water partition coefficient (Wildman–Crippen LogP) is 0.945. The molecule has 3 heterocycles. The van der Waals surface area contributed by atoms with Gasteiger partial charge in [0.2, 0.25) is 5.91 Å². The minimum atomic E-state index is -0.323. The SMILES string of the molecule is CC1CCC(C(N)=O)CN1C(=O)c1cnc(C2CCN(C)CC2)[nH]1. The Morgan fingerprint density at radius 3 is 2.62 bits per heavy atom. The van der Waals surface area contributed by atoms with Crippen molar-refractivity contribution in [1.82, 2.24) is 19.8 Å². The molecule has 0 saturated carbocycles. The van der Waals surface area contributed by atoms with E-state index in [9.17, 15) is 9.59 Å². The van der Waals surface area contributed by atoms with E-state index in [0.29, 0.717) is 18.2 Å². The highest BCUT2D eigenvalue weighted by atomic mass is 16.2. The lowest BCUT2D eigenvalue weighted by Crippen LogP contribution is -2.48. The first-order chi connectivity index (χ1) is 11.5. The Morgan fingerprint density at radius 2 is 1.96 bits per heavy atom. The molecule has 7 heteroatoms. The summed E-state index contributed by atoms with van der Waals surface area (Å²) in [5.74, 6) is 0.639. The quantitative estimate of drug-likeness (QED) is 0.861. The fraction of sp³-hybridized carbons (Fsp3) is 0.706. The average Bonchev–Trinajstić information content (AvgIpc) is 3.05. The molecule has 24 heavy (non-hydrogen) atoms. The van der Waals surface area contributed by atoms with Gasteiger partial charge < -0.3 is 20.5 Å². The van der Waals surface area contributed by atoms with Crippen LogP contribution in [0.2, 0.25) is 0 Å². The van der Waals surface area contributed by atoms with Crippen LogP contribution >= 0.6 is 0 Å². The van der Waals surface area contributed by atoms with E-state index >= 15 is 0 Å².